The highest BCUT2D eigenvalue weighted by Gasteiger charge is 2.43. The molecule has 5 nitrogen and oxygen atoms in total. The third kappa shape index (κ3) is 4.17. The molecule has 0 spiro atoms. The molecule has 0 saturated heterocycles. The summed E-state index contributed by atoms with van der Waals surface area (Å²) in [5, 5.41) is 4.48. The number of aromatic nitrogens is 2. The zero-order valence-corrected chi connectivity index (χ0v) is 13.5. The van der Waals surface area contributed by atoms with E-state index in [2.05, 4.69) is 15.3 Å². The lowest BCUT2D eigenvalue weighted by molar-refractivity contribution is -0.152. The van der Waals surface area contributed by atoms with E-state index in [9.17, 15) is 4.79 Å². The highest BCUT2D eigenvalue weighted by atomic mass is 32.2. The summed E-state index contributed by atoms with van der Waals surface area (Å²) < 4.78 is 5.29. The first kappa shape index (κ1) is 16.2. The van der Waals surface area contributed by atoms with Gasteiger partial charge in [0.1, 0.15) is 5.54 Å². The van der Waals surface area contributed by atoms with Crippen LogP contribution in [0.2, 0.25) is 0 Å². The van der Waals surface area contributed by atoms with Gasteiger partial charge in [0.25, 0.3) is 0 Å². The van der Waals surface area contributed by atoms with E-state index in [1.807, 2.05) is 19.9 Å². The molecule has 0 aromatic carbocycles. The van der Waals surface area contributed by atoms with Crippen LogP contribution in [0.4, 0.5) is 0 Å². The molecule has 0 bridgehead atoms. The van der Waals surface area contributed by atoms with Crippen molar-refractivity contribution in [3.05, 3.63) is 18.5 Å². The van der Waals surface area contributed by atoms with Gasteiger partial charge in [-0.2, -0.15) is 0 Å². The van der Waals surface area contributed by atoms with Gasteiger partial charge in [0, 0.05) is 17.6 Å². The predicted octanol–water partition coefficient (Wildman–Crippen LogP) is 2.42. The van der Waals surface area contributed by atoms with Crippen LogP contribution in [0, 0.1) is 0 Å². The maximum Gasteiger partial charge on any atom is 0.326 e. The molecule has 1 N–H and O–H groups in total. The number of carbonyl (C=O) groups excluding carboxylic acids is 1. The maximum atomic E-state index is 12.4. The van der Waals surface area contributed by atoms with Gasteiger partial charge in [0.05, 0.1) is 6.61 Å². The Labute approximate surface area is 130 Å². The summed E-state index contributed by atoms with van der Waals surface area (Å²) in [4.78, 5) is 20.9. The van der Waals surface area contributed by atoms with Crippen molar-refractivity contribution in [1.82, 2.24) is 15.3 Å². The zero-order valence-electron chi connectivity index (χ0n) is 12.7. The number of hydrogen-bond donors (Lipinski definition) is 1. The van der Waals surface area contributed by atoms with Gasteiger partial charge in [-0.05, 0) is 45.2 Å². The minimum atomic E-state index is -0.546. The fourth-order valence-corrected chi connectivity index (χ4v) is 4.04. The summed E-state index contributed by atoms with van der Waals surface area (Å²) in [5.41, 5.74) is -0.546. The van der Waals surface area contributed by atoms with Gasteiger partial charge in [-0.15, -0.1) is 0 Å². The molecule has 1 aliphatic carbocycles. The van der Waals surface area contributed by atoms with Crippen LogP contribution in [-0.4, -0.2) is 39.9 Å². The third-order valence-corrected chi connectivity index (χ3v) is 4.86. The van der Waals surface area contributed by atoms with Crippen molar-refractivity contribution < 1.29 is 9.53 Å². The summed E-state index contributed by atoms with van der Waals surface area (Å²) in [7, 11) is 0. The molecular weight excluding hydrogens is 286 g/mol. The quantitative estimate of drug-likeness (QED) is 0.643. The SMILES string of the molecule is CCNC1(C(=O)OCC)CCCC(Sc2ncccn2)C1. The number of ether oxygens (including phenoxy) is 1. The van der Waals surface area contributed by atoms with E-state index in [1.54, 1.807) is 24.2 Å². The standard InChI is InChI=1S/C15H23N3O2S/c1-3-18-15(13(19)20-4-2)8-5-7-12(11-15)21-14-16-9-6-10-17-14/h6,9-10,12,18H,3-5,7-8,11H2,1-2H3. The van der Waals surface area contributed by atoms with Gasteiger partial charge in [-0.25, -0.2) is 9.97 Å². The minimum absolute atomic E-state index is 0.119. The first-order valence-electron chi connectivity index (χ1n) is 7.56. The lowest BCUT2D eigenvalue weighted by Crippen LogP contribution is -2.56. The van der Waals surface area contributed by atoms with E-state index in [4.69, 9.17) is 4.74 Å². The number of rotatable bonds is 6. The van der Waals surface area contributed by atoms with Gasteiger partial charge >= 0.3 is 5.97 Å². The molecule has 6 heteroatoms. The Morgan fingerprint density at radius 3 is 2.90 bits per heavy atom. The van der Waals surface area contributed by atoms with Crippen molar-refractivity contribution in [2.75, 3.05) is 13.2 Å². The number of thioether (sulfide) groups is 1. The van der Waals surface area contributed by atoms with Crippen LogP contribution in [-0.2, 0) is 9.53 Å². The highest BCUT2D eigenvalue weighted by molar-refractivity contribution is 7.99. The number of nitrogens with one attached hydrogen (secondary N) is 1. The Hall–Kier alpha value is -1.14. The second-order valence-electron chi connectivity index (χ2n) is 5.20. The third-order valence-electron chi connectivity index (χ3n) is 3.70. The molecule has 0 aliphatic heterocycles. The van der Waals surface area contributed by atoms with E-state index in [-0.39, 0.29) is 5.97 Å². The second kappa shape index (κ2) is 7.75. The molecule has 116 valence electrons. The van der Waals surface area contributed by atoms with Gasteiger partial charge in [0.2, 0.25) is 0 Å². The summed E-state index contributed by atoms with van der Waals surface area (Å²) in [6.45, 7) is 5.06. The van der Waals surface area contributed by atoms with Crippen LogP contribution in [0.15, 0.2) is 23.6 Å². The Bertz CT molecular complexity index is 453. The van der Waals surface area contributed by atoms with Crippen molar-refractivity contribution in [3.63, 3.8) is 0 Å². The molecule has 1 fully saturated rings. The van der Waals surface area contributed by atoms with Crippen LogP contribution in [0.1, 0.15) is 39.5 Å². The van der Waals surface area contributed by atoms with Gasteiger partial charge in [-0.1, -0.05) is 18.7 Å². The Morgan fingerprint density at radius 2 is 2.24 bits per heavy atom. The fourth-order valence-electron chi connectivity index (χ4n) is 2.85. The van der Waals surface area contributed by atoms with Crippen LogP contribution >= 0.6 is 11.8 Å². The largest absolute Gasteiger partial charge is 0.465 e. The molecular formula is C15H23N3O2S. The summed E-state index contributed by atoms with van der Waals surface area (Å²) >= 11 is 1.66. The smallest absolute Gasteiger partial charge is 0.326 e. The van der Waals surface area contributed by atoms with E-state index < -0.39 is 5.54 Å². The molecule has 0 radical (unpaired) electrons. The lowest BCUT2D eigenvalue weighted by Gasteiger charge is -2.38. The van der Waals surface area contributed by atoms with E-state index in [1.165, 1.54) is 0 Å². The number of nitrogens with zero attached hydrogens (tertiary/aromatic N) is 2. The van der Waals surface area contributed by atoms with Crippen molar-refractivity contribution in [1.29, 1.82) is 0 Å². The minimum Gasteiger partial charge on any atom is -0.465 e. The van der Waals surface area contributed by atoms with E-state index in [0.717, 1.165) is 37.4 Å². The zero-order chi connectivity index (χ0) is 15.1. The van der Waals surface area contributed by atoms with Crippen LogP contribution in [0.5, 0.6) is 0 Å². The van der Waals surface area contributed by atoms with Crippen LogP contribution < -0.4 is 5.32 Å². The second-order valence-corrected chi connectivity index (χ2v) is 6.47. The van der Waals surface area contributed by atoms with E-state index in [0.29, 0.717) is 11.9 Å². The summed E-state index contributed by atoms with van der Waals surface area (Å²) in [6.07, 6.45) is 7.20. The number of likely N-dealkylation sites (N-methyl/N-ethyl adjacent to an activating group) is 1. The average Bonchev–Trinajstić information content (AvgIpc) is 2.49. The maximum absolute atomic E-state index is 12.4. The fraction of sp³-hybridized carbons (Fsp3) is 0.667. The number of carbonyl (C=O) groups is 1. The first-order chi connectivity index (χ1) is 10.2. The molecule has 2 atom stereocenters. The Balaban J connectivity index is 2.07. The normalized spacial score (nSPS) is 25.5. The van der Waals surface area contributed by atoms with Crippen LogP contribution in [0.25, 0.3) is 0 Å². The Morgan fingerprint density at radius 1 is 1.48 bits per heavy atom. The summed E-state index contributed by atoms with van der Waals surface area (Å²) in [6, 6.07) is 1.81. The lowest BCUT2D eigenvalue weighted by atomic mass is 9.81. The molecule has 2 unspecified atom stereocenters. The molecule has 1 aliphatic rings. The topological polar surface area (TPSA) is 64.1 Å². The molecule has 1 aromatic rings. The van der Waals surface area contributed by atoms with Crippen molar-refractivity contribution in [2.45, 2.75) is 55.5 Å². The van der Waals surface area contributed by atoms with Gasteiger partial charge in [-0.3, -0.25) is 4.79 Å². The van der Waals surface area contributed by atoms with Crippen molar-refractivity contribution >= 4 is 17.7 Å². The van der Waals surface area contributed by atoms with Gasteiger partial charge in [0.15, 0.2) is 5.16 Å². The highest BCUT2D eigenvalue weighted by Crippen LogP contribution is 2.37. The first-order valence-corrected chi connectivity index (χ1v) is 8.44. The van der Waals surface area contributed by atoms with Crippen LogP contribution in [0.3, 0.4) is 0 Å². The number of esters is 1. The van der Waals surface area contributed by atoms with Crippen molar-refractivity contribution in [3.8, 4) is 0 Å². The van der Waals surface area contributed by atoms with E-state index >= 15 is 0 Å². The molecule has 2 rings (SSSR count). The molecule has 21 heavy (non-hydrogen) atoms. The molecule has 0 amide bonds. The molecule has 1 aromatic heterocycles. The number of hydrogen-bond acceptors (Lipinski definition) is 6. The average molecular weight is 309 g/mol. The summed E-state index contributed by atoms with van der Waals surface area (Å²) in [5.74, 6) is -0.119. The van der Waals surface area contributed by atoms with Gasteiger partial charge < -0.3 is 10.1 Å². The molecule has 1 heterocycles. The predicted molar refractivity (Wildman–Crippen MR) is 83.2 cm³/mol. The molecule has 1 saturated carbocycles. The Kier molecular flexibility index (Phi) is 5.99. The monoisotopic (exact) mass is 309 g/mol. The van der Waals surface area contributed by atoms with Crippen molar-refractivity contribution in [2.24, 2.45) is 0 Å².